The molecule has 1 aromatic heterocycles. The second kappa shape index (κ2) is 8.45. The number of carbonyl (C=O) groups excluding carboxylic acids is 1. The Hall–Kier alpha value is -2.52. The van der Waals surface area contributed by atoms with Crippen LogP contribution >= 0.6 is 0 Å². The SMILES string of the molecule is O=C(CCC1CCN(Cc2ccccc2)CC1)c1ccc2ccccc2n1. The molecule has 0 bridgehead atoms. The van der Waals surface area contributed by atoms with Crippen LogP contribution in [0.5, 0.6) is 0 Å². The molecule has 0 amide bonds. The molecule has 1 aliphatic rings. The number of aromatic nitrogens is 1. The molecule has 0 atom stereocenters. The lowest BCUT2D eigenvalue weighted by molar-refractivity contribution is 0.0957. The molecule has 0 N–H and O–H groups in total. The lowest BCUT2D eigenvalue weighted by atomic mass is 9.90. The Morgan fingerprint density at radius 2 is 1.67 bits per heavy atom. The van der Waals surface area contributed by atoms with Crippen LogP contribution < -0.4 is 0 Å². The van der Waals surface area contributed by atoms with Gasteiger partial charge in [0.25, 0.3) is 0 Å². The van der Waals surface area contributed by atoms with Gasteiger partial charge in [0.2, 0.25) is 0 Å². The van der Waals surface area contributed by atoms with Crippen molar-refractivity contribution in [2.24, 2.45) is 5.92 Å². The number of fused-ring (bicyclic) bond motifs is 1. The number of Topliss-reactive ketones (excluding diaryl/α,β-unsaturated/α-hetero) is 1. The summed E-state index contributed by atoms with van der Waals surface area (Å²) in [4.78, 5) is 19.6. The molecular formula is C24H26N2O. The molecule has 1 aliphatic heterocycles. The van der Waals surface area contributed by atoms with Crippen LogP contribution in [-0.4, -0.2) is 28.8 Å². The van der Waals surface area contributed by atoms with E-state index in [9.17, 15) is 4.79 Å². The highest BCUT2D eigenvalue weighted by molar-refractivity contribution is 5.96. The van der Waals surface area contributed by atoms with Crippen LogP contribution in [0.4, 0.5) is 0 Å². The third-order valence-corrected chi connectivity index (χ3v) is 5.62. The van der Waals surface area contributed by atoms with Gasteiger partial charge in [-0.15, -0.1) is 0 Å². The molecule has 0 radical (unpaired) electrons. The van der Waals surface area contributed by atoms with E-state index in [-0.39, 0.29) is 5.78 Å². The summed E-state index contributed by atoms with van der Waals surface area (Å²) in [5.41, 5.74) is 2.89. The normalized spacial score (nSPS) is 15.9. The summed E-state index contributed by atoms with van der Waals surface area (Å²) in [6, 6.07) is 22.5. The van der Waals surface area contributed by atoms with Gasteiger partial charge in [0.15, 0.2) is 5.78 Å². The standard InChI is InChI=1S/C24H26N2O/c27-24(23-12-11-21-8-4-5-9-22(21)25-23)13-10-19-14-16-26(17-15-19)18-20-6-2-1-3-7-20/h1-9,11-12,19H,10,13-18H2. The summed E-state index contributed by atoms with van der Waals surface area (Å²) in [5, 5.41) is 1.08. The van der Waals surface area contributed by atoms with Crippen LogP contribution in [0.25, 0.3) is 10.9 Å². The Kier molecular flexibility index (Phi) is 5.59. The lowest BCUT2D eigenvalue weighted by Crippen LogP contribution is -2.33. The van der Waals surface area contributed by atoms with Gasteiger partial charge in [-0.3, -0.25) is 9.69 Å². The number of pyridine rings is 1. The lowest BCUT2D eigenvalue weighted by Gasteiger charge is -2.31. The van der Waals surface area contributed by atoms with Gasteiger partial charge in [0, 0.05) is 18.4 Å². The Labute approximate surface area is 161 Å². The Bertz CT molecular complexity index is 898. The zero-order chi connectivity index (χ0) is 18.5. The third kappa shape index (κ3) is 4.61. The van der Waals surface area contributed by atoms with E-state index >= 15 is 0 Å². The fourth-order valence-corrected chi connectivity index (χ4v) is 3.96. The predicted molar refractivity (Wildman–Crippen MR) is 110 cm³/mol. The molecule has 0 spiro atoms. The number of nitrogens with zero attached hydrogens (tertiary/aromatic N) is 2. The summed E-state index contributed by atoms with van der Waals surface area (Å²) in [7, 11) is 0. The van der Waals surface area contributed by atoms with Crippen LogP contribution in [-0.2, 0) is 6.54 Å². The number of benzene rings is 2. The quantitative estimate of drug-likeness (QED) is 0.574. The molecule has 1 saturated heterocycles. The average Bonchev–Trinajstić information content (AvgIpc) is 2.73. The largest absolute Gasteiger partial charge is 0.299 e. The molecule has 4 rings (SSSR count). The van der Waals surface area contributed by atoms with Gasteiger partial charge in [0.05, 0.1) is 5.52 Å². The van der Waals surface area contributed by atoms with Crippen molar-refractivity contribution in [3.05, 3.63) is 78.0 Å². The van der Waals surface area contributed by atoms with E-state index in [1.54, 1.807) is 0 Å². The summed E-state index contributed by atoms with van der Waals surface area (Å²) in [6.07, 6.45) is 3.96. The predicted octanol–water partition coefficient (Wildman–Crippen LogP) is 5.11. The number of para-hydroxylation sites is 1. The second-order valence-electron chi connectivity index (χ2n) is 7.56. The highest BCUT2D eigenvalue weighted by atomic mass is 16.1. The van der Waals surface area contributed by atoms with Gasteiger partial charge >= 0.3 is 0 Å². The monoisotopic (exact) mass is 358 g/mol. The topological polar surface area (TPSA) is 33.2 Å². The molecule has 3 heteroatoms. The zero-order valence-corrected chi connectivity index (χ0v) is 15.7. The molecule has 2 aromatic carbocycles. The molecule has 0 aliphatic carbocycles. The third-order valence-electron chi connectivity index (χ3n) is 5.62. The number of likely N-dealkylation sites (tertiary alicyclic amines) is 1. The van der Waals surface area contributed by atoms with Crippen LogP contribution in [0.15, 0.2) is 66.7 Å². The average molecular weight is 358 g/mol. The first-order valence-electron chi connectivity index (χ1n) is 9.93. The molecule has 3 nitrogen and oxygen atoms in total. The first kappa shape index (κ1) is 17.9. The number of carbonyl (C=O) groups is 1. The summed E-state index contributed by atoms with van der Waals surface area (Å²) in [5.74, 6) is 0.828. The van der Waals surface area contributed by atoms with E-state index in [2.05, 4.69) is 40.2 Å². The van der Waals surface area contributed by atoms with E-state index < -0.39 is 0 Å². The second-order valence-corrected chi connectivity index (χ2v) is 7.56. The maximum absolute atomic E-state index is 12.6. The van der Waals surface area contributed by atoms with Gasteiger partial charge in [-0.1, -0.05) is 54.6 Å². The van der Waals surface area contributed by atoms with Gasteiger partial charge in [0.1, 0.15) is 5.69 Å². The van der Waals surface area contributed by atoms with Gasteiger partial charge in [-0.25, -0.2) is 4.98 Å². The molecule has 3 aromatic rings. The van der Waals surface area contributed by atoms with Crippen molar-refractivity contribution in [3.8, 4) is 0 Å². The van der Waals surface area contributed by atoms with Crippen LogP contribution in [0.3, 0.4) is 0 Å². The van der Waals surface area contributed by atoms with Crippen LogP contribution in [0.1, 0.15) is 41.7 Å². The summed E-state index contributed by atoms with van der Waals surface area (Å²) >= 11 is 0. The molecule has 2 heterocycles. The molecule has 27 heavy (non-hydrogen) atoms. The Balaban J connectivity index is 1.26. The van der Waals surface area contributed by atoms with E-state index in [4.69, 9.17) is 0 Å². The van der Waals surface area contributed by atoms with Gasteiger partial charge in [-0.05, 0) is 56.0 Å². The van der Waals surface area contributed by atoms with Gasteiger partial charge in [-0.2, -0.15) is 0 Å². The minimum absolute atomic E-state index is 0.174. The van der Waals surface area contributed by atoms with Crippen LogP contribution in [0, 0.1) is 5.92 Å². The summed E-state index contributed by atoms with van der Waals surface area (Å²) < 4.78 is 0. The van der Waals surface area contributed by atoms with Crippen molar-refractivity contribution >= 4 is 16.7 Å². The van der Waals surface area contributed by atoms with Crippen molar-refractivity contribution in [2.75, 3.05) is 13.1 Å². The molecule has 0 saturated carbocycles. The maximum Gasteiger partial charge on any atom is 0.181 e. The fourth-order valence-electron chi connectivity index (χ4n) is 3.96. The minimum Gasteiger partial charge on any atom is -0.299 e. The van der Waals surface area contributed by atoms with Crippen molar-refractivity contribution in [3.63, 3.8) is 0 Å². The molecule has 0 unspecified atom stereocenters. The first-order chi connectivity index (χ1) is 13.3. The van der Waals surface area contributed by atoms with E-state index in [0.717, 1.165) is 37.0 Å². The van der Waals surface area contributed by atoms with Crippen LogP contribution in [0.2, 0.25) is 0 Å². The molecule has 138 valence electrons. The van der Waals surface area contributed by atoms with Crippen molar-refractivity contribution in [1.82, 2.24) is 9.88 Å². The number of ketones is 1. The van der Waals surface area contributed by atoms with E-state index in [1.165, 1.54) is 18.4 Å². The zero-order valence-electron chi connectivity index (χ0n) is 15.7. The Morgan fingerprint density at radius 1 is 0.926 bits per heavy atom. The Morgan fingerprint density at radius 3 is 2.48 bits per heavy atom. The van der Waals surface area contributed by atoms with E-state index in [0.29, 0.717) is 18.0 Å². The molecular weight excluding hydrogens is 332 g/mol. The maximum atomic E-state index is 12.6. The number of rotatable bonds is 6. The first-order valence-corrected chi connectivity index (χ1v) is 9.93. The molecule has 1 fully saturated rings. The highest BCUT2D eigenvalue weighted by Crippen LogP contribution is 2.24. The van der Waals surface area contributed by atoms with Gasteiger partial charge < -0.3 is 0 Å². The van der Waals surface area contributed by atoms with Crippen molar-refractivity contribution < 1.29 is 4.79 Å². The summed E-state index contributed by atoms with van der Waals surface area (Å²) in [6.45, 7) is 3.29. The smallest absolute Gasteiger partial charge is 0.181 e. The highest BCUT2D eigenvalue weighted by Gasteiger charge is 2.20. The number of piperidine rings is 1. The number of hydrogen-bond acceptors (Lipinski definition) is 3. The van der Waals surface area contributed by atoms with E-state index in [1.807, 2.05) is 36.4 Å². The van der Waals surface area contributed by atoms with Crippen molar-refractivity contribution in [1.29, 1.82) is 0 Å². The van der Waals surface area contributed by atoms with Crippen molar-refractivity contribution in [2.45, 2.75) is 32.2 Å². The minimum atomic E-state index is 0.174. The number of hydrogen-bond donors (Lipinski definition) is 0. The fraction of sp³-hybridized carbons (Fsp3) is 0.333.